The van der Waals surface area contributed by atoms with Gasteiger partial charge in [-0.05, 0) is 32.0 Å². The molecule has 0 saturated heterocycles. The highest BCUT2D eigenvalue weighted by Crippen LogP contribution is 2.29. The van der Waals surface area contributed by atoms with Crippen molar-refractivity contribution in [1.82, 2.24) is 19.6 Å². The summed E-state index contributed by atoms with van der Waals surface area (Å²) in [6.45, 7) is 2.85. The zero-order chi connectivity index (χ0) is 20.5. The standard InChI is InChI=1S/C18H15F3N6O/c1-11-8-15(18(19,20)21)25-26(11)12(2)17(28)24-16-13(9-22)10-23-27(16)14-6-4-3-5-7-14/h3-8,10,12H,1-2H3,(H,24,28). The fourth-order valence-electron chi connectivity index (χ4n) is 2.67. The van der Waals surface area contributed by atoms with Crippen LogP contribution >= 0.6 is 0 Å². The van der Waals surface area contributed by atoms with Gasteiger partial charge < -0.3 is 5.32 Å². The summed E-state index contributed by atoms with van der Waals surface area (Å²) < 4.78 is 41.0. The highest BCUT2D eigenvalue weighted by Gasteiger charge is 2.35. The molecule has 0 aliphatic heterocycles. The zero-order valence-corrected chi connectivity index (χ0v) is 14.9. The van der Waals surface area contributed by atoms with Gasteiger partial charge in [0.1, 0.15) is 17.7 Å². The van der Waals surface area contributed by atoms with E-state index in [4.69, 9.17) is 0 Å². The predicted molar refractivity (Wildman–Crippen MR) is 93.6 cm³/mol. The van der Waals surface area contributed by atoms with Crippen molar-refractivity contribution in [2.75, 3.05) is 5.32 Å². The Kier molecular flexibility index (Phi) is 4.92. The van der Waals surface area contributed by atoms with Crippen molar-refractivity contribution in [2.45, 2.75) is 26.1 Å². The van der Waals surface area contributed by atoms with E-state index in [1.165, 1.54) is 24.7 Å². The lowest BCUT2D eigenvalue weighted by molar-refractivity contribution is -0.141. The number of nitrogens with zero attached hydrogens (tertiary/aromatic N) is 5. The lowest BCUT2D eigenvalue weighted by Gasteiger charge is -2.16. The SMILES string of the molecule is Cc1cc(C(F)(F)F)nn1C(C)C(=O)Nc1c(C#N)cnn1-c1ccccc1. The van der Waals surface area contributed by atoms with Gasteiger partial charge in [-0.15, -0.1) is 0 Å². The van der Waals surface area contributed by atoms with E-state index < -0.39 is 23.8 Å². The van der Waals surface area contributed by atoms with Crippen molar-refractivity contribution in [3.63, 3.8) is 0 Å². The molecule has 28 heavy (non-hydrogen) atoms. The van der Waals surface area contributed by atoms with Crippen LogP contribution in [0.25, 0.3) is 5.69 Å². The molecule has 0 bridgehead atoms. The lowest BCUT2D eigenvalue weighted by atomic mass is 10.2. The molecule has 0 radical (unpaired) electrons. The highest BCUT2D eigenvalue weighted by molar-refractivity contribution is 5.94. The quantitative estimate of drug-likeness (QED) is 0.741. The summed E-state index contributed by atoms with van der Waals surface area (Å²) >= 11 is 0. The fourth-order valence-corrected chi connectivity index (χ4v) is 2.67. The molecule has 1 N–H and O–H groups in total. The van der Waals surface area contributed by atoms with Gasteiger partial charge in [0.25, 0.3) is 0 Å². The van der Waals surface area contributed by atoms with Crippen LogP contribution < -0.4 is 5.32 Å². The molecule has 2 heterocycles. The summed E-state index contributed by atoms with van der Waals surface area (Å²) in [4.78, 5) is 12.7. The second kappa shape index (κ2) is 7.19. The Morgan fingerprint density at radius 3 is 2.54 bits per heavy atom. The Hall–Kier alpha value is -3.61. The summed E-state index contributed by atoms with van der Waals surface area (Å²) in [6, 6.07) is 10.6. The van der Waals surface area contributed by atoms with E-state index in [1.54, 1.807) is 30.3 Å². The summed E-state index contributed by atoms with van der Waals surface area (Å²) in [7, 11) is 0. The normalized spacial score (nSPS) is 12.4. The molecule has 2 aromatic heterocycles. The fraction of sp³-hybridized carbons (Fsp3) is 0.222. The number of benzene rings is 1. The van der Waals surface area contributed by atoms with Crippen molar-refractivity contribution in [3.8, 4) is 11.8 Å². The molecule has 0 aliphatic carbocycles. The largest absolute Gasteiger partial charge is 0.435 e. The number of carbonyl (C=O) groups excluding carboxylic acids is 1. The Morgan fingerprint density at radius 2 is 1.96 bits per heavy atom. The van der Waals surface area contributed by atoms with Gasteiger partial charge in [-0.2, -0.15) is 28.6 Å². The van der Waals surface area contributed by atoms with Crippen LogP contribution in [0.15, 0.2) is 42.6 Å². The minimum Gasteiger partial charge on any atom is -0.308 e. The molecular weight excluding hydrogens is 373 g/mol. The number of anilines is 1. The second-order valence-electron chi connectivity index (χ2n) is 6.04. The number of para-hydroxylation sites is 1. The van der Waals surface area contributed by atoms with Crippen molar-refractivity contribution in [1.29, 1.82) is 5.26 Å². The number of hydrogen-bond acceptors (Lipinski definition) is 4. The molecule has 7 nitrogen and oxygen atoms in total. The third-order valence-electron chi connectivity index (χ3n) is 4.09. The molecule has 0 spiro atoms. The topological polar surface area (TPSA) is 88.5 Å². The molecule has 10 heteroatoms. The van der Waals surface area contributed by atoms with Crippen molar-refractivity contribution >= 4 is 11.7 Å². The first-order valence-corrected chi connectivity index (χ1v) is 8.20. The molecule has 0 fully saturated rings. The molecule has 0 saturated carbocycles. The van der Waals surface area contributed by atoms with Crippen LogP contribution in [0.3, 0.4) is 0 Å². The highest BCUT2D eigenvalue weighted by atomic mass is 19.4. The Balaban J connectivity index is 1.91. The van der Waals surface area contributed by atoms with Crippen LogP contribution in [-0.2, 0) is 11.0 Å². The van der Waals surface area contributed by atoms with E-state index >= 15 is 0 Å². The Bertz CT molecular complexity index is 1050. The van der Waals surface area contributed by atoms with E-state index in [-0.39, 0.29) is 17.1 Å². The molecule has 0 aliphatic rings. The Labute approximate surface area is 158 Å². The summed E-state index contributed by atoms with van der Waals surface area (Å²) in [5.74, 6) is -0.500. The summed E-state index contributed by atoms with van der Waals surface area (Å²) in [5, 5.41) is 19.5. The van der Waals surface area contributed by atoms with Crippen molar-refractivity contribution < 1.29 is 18.0 Å². The monoisotopic (exact) mass is 388 g/mol. The number of hydrogen-bond donors (Lipinski definition) is 1. The number of aromatic nitrogens is 4. The van der Waals surface area contributed by atoms with Gasteiger partial charge in [-0.25, -0.2) is 4.68 Å². The first-order valence-electron chi connectivity index (χ1n) is 8.20. The Morgan fingerprint density at radius 1 is 1.29 bits per heavy atom. The molecule has 1 aromatic carbocycles. The number of amides is 1. The van der Waals surface area contributed by atoms with Crippen LogP contribution in [0.2, 0.25) is 0 Å². The van der Waals surface area contributed by atoms with Gasteiger partial charge in [-0.3, -0.25) is 9.48 Å². The number of nitriles is 1. The number of alkyl halides is 3. The number of aryl methyl sites for hydroxylation is 1. The molecule has 144 valence electrons. The molecule has 1 amide bonds. The molecule has 3 rings (SSSR count). The van der Waals surface area contributed by atoms with E-state index in [0.717, 1.165) is 10.7 Å². The maximum atomic E-state index is 12.9. The average molecular weight is 388 g/mol. The van der Waals surface area contributed by atoms with Gasteiger partial charge >= 0.3 is 6.18 Å². The van der Waals surface area contributed by atoms with Crippen molar-refractivity contribution in [3.05, 3.63) is 59.5 Å². The van der Waals surface area contributed by atoms with Gasteiger partial charge in [-0.1, -0.05) is 18.2 Å². The molecule has 1 atom stereocenters. The number of halogens is 3. The van der Waals surface area contributed by atoms with E-state index in [0.29, 0.717) is 5.69 Å². The zero-order valence-electron chi connectivity index (χ0n) is 14.9. The summed E-state index contributed by atoms with van der Waals surface area (Å²) in [5.41, 5.74) is -0.150. The van der Waals surface area contributed by atoms with Crippen LogP contribution in [0.4, 0.5) is 19.0 Å². The van der Waals surface area contributed by atoms with Gasteiger partial charge in [0.05, 0.1) is 11.9 Å². The number of nitrogens with one attached hydrogen (secondary N) is 1. The van der Waals surface area contributed by atoms with Crippen LogP contribution in [-0.4, -0.2) is 25.5 Å². The maximum absolute atomic E-state index is 12.9. The van der Waals surface area contributed by atoms with E-state index in [9.17, 15) is 23.2 Å². The third kappa shape index (κ3) is 3.59. The van der Waals surface area contributed by atoms with E-state index in [2.05, 4.69) is 15.5 Å². The third-order valence-corrected chi connectivity index (χ3v) is 4.09. The number of rotatable bonds is 4. The second-order valence-corrected chi connectivity index (χ2v) is 6.04. The minimum atomic E-state index is -4.61. The van der Waals surface area contributed by atoms with Gasteiger partial charge in [0, 0.05) is 5.69 Å². The van der Waals surface area contributed by atoms with Crippen LogP contribution in [0.1, 0.15) is 29.9 Å². The van der Waals surface area contributed by atoms with E-state index in [1.807, 2.05) is 6.07 Å². The van der Waals surface area contributed by atoms with Crippen LogP contribution in [0.5, 0.6) is 0 Å². The first kappa shape index (κ1) is 19.2. The first-order chi connectivity index (χ1) is 13.2. The molecule has 1 unspecified atom stereocenters. The predicted octanol–water partition coefficient (Wildman–Crippen LogP) is 3.47. The van der Waals surface area contributed by atoms with Gasteiger partial charge in [0.15, 0.2) is 11.5 Å². The van der Waals surface area contributed by atoms with Crippen LogP contribution in [0, 0.1) is 18.3 Å². The molecular formula is C18H15F3N6O. The summed E-state index contributed by atoms with van der Waals surface area (Å²) in [6.07, 6.45) is -3.31. The minimum absolute atomic E-state index is 0.123. The average Bonchev–Trinajstić information content (AvgIpc) is 3.25. The smallest absolute Gasteiger partial charge is 0.308 e. The maximum Gasteiger partial charge on any atom is 0.435 e. The van der Waals surface area contributed by atoms with Gasteiger partial charge in [0.2, 0.25) is 5.91 Å². The molecule has 3 aromatic rings. The van der Waals surface area contributed by atoms with Crippen molar-refractivity contribution in [2.24, 2.45) is 0 Å². The lowest BCUT2D eigenvalue weighted by Crippen LogP contribution is -2.27. The number of carbonyl (C=O) groups is 1.